The molecule has 2 atom stereocenters. The number of aryl methyl sites for hydroxylation is 1. The van der Waals surface area contributed by atoms with E-state index >= 15 is 0 Å². The van der Waals surface area contributed by atoms with Gasteiger partial charge in [0.1, 0.15) is 0 Å². The molecule has 0 saturated carbocycles. The molecule has 3 rings (SSSR count). The first-order valence-electron chi connectivity index (χ1n) is 7.62. The van der Waals surface area contributed by atoms with E-state index in [-0.39, 0.29) is 12.0 Å². The van der Waals surface area contributed by atoms with Crippen LogP contribution in [-0.2, 0) is 11.3 Å². The van der Waals surface area contributed by atoms with Crippen molar-refractivity contribution in [2.75, 3.05) is 6.54 Å². The minimum absolute atomic E-state index is 0.0753. The van der Waals surface area contributed by atoms with Crippen LogP contribution < -0.4 is 0 Å². The lowest BCUT2D eigenvalue weighted by Crippen LogP contribution is -2.45. The van der Waals surface area contributed by atoms with Crippen molar-refractivity contribution >= 4 is 39.0 Å². The zero-order chi connectivity index (χ0) is 15.9. The number of aliphatic carboxylic acids is 1. The number of hydrogen-bond donors (Lipinski definition) is 1. The average molecular weight is 338 g/mol. The van der Waals surface area contributed by atoms with Crippen molar-refractivity contribution in [3.05, 3.63) is 33.7 Å². The van der Waals surface area contributed by atoms with Crippen LogP contribution in [0.1, 0.15) is 30.2 Å². The normalized spacial score (nSPS) is 23.0. The quantitative estimate of drug-likeness (QED) is 0.893. The minimum atomic E-state index is -0.673. The Labute approximate surface area is 139 Å². The standard InChI is InChI=1S/C17H20ClNO2S/c1-10-12-5-3-7-14(18)16(12)22-15(10)9-19-8-4-6-13(11(19)2)17(20)21/h3,5,7,11,13H,4,6,8-9H2,1-2H3,(H,20,21)/t11-,13-/m1/s1. The second-order valence-electron chi connectivity index (χ2n) is 6.06. The van der Waals surface area contributed by atoms with Crippen molar-refractivity contribution in [1.82, 2.24) is 4.90 Å². The van der Waals surface area contributed by atoms with E-state index in [0.29, 0.717) is 0 Å². The molecule has 0 unspecified atom stereocenters. The summed E-state index contributed by atoms with van der Waals surface area (Å²) in [6.07, 6.45) is 1.73. The zero-order valence-electron chi connectivity index (χ0n) is 12.8. The Morgan fingerprint density at radius 1 is 1.50 bits per heavy atom. The topological polar surface area (TPSA) is 40.5 Å². The predicted molar refractivity (Wildman–Crippen MR) is 91.8 cm³/mol. The number of piperidine rings is 1. The van der Waals surface area contributed by atoms with E-state index in [2.05, 4.69) is 17.9 Å². The second-order valence-corrected chi connectivity index (χ2v) is 7.58. The molecule has 1 N–H and O–H groups in total. The van der Waals surface area contributed by atoms with Gasteiger partial charge in [-0.25, -0.2) is 0 Å². The van der Waals surface area contributed by atoms with E-state index in [4.69, 9.17) is 11.6 Å². The summed E-state index contributed by atoms with van der Waals surface area (Å²) in [5, 5.41) is 11.4. The number of hydrogen-bond acceptors (Lipinski definition) is 3. The van der Waals surface area contributed by atoms with Crippen molar-refractivity contribution in [3.8, 4) is 0 Å². The van der Waals surface area contributed by atoms with Crippen LogP contribution in [0.15, 0.2) is 18.2 Å². The van der Waals surface area contributed by atoms with Crippen molar-refractivity contribution < 1.29 is 9.90 Å². The van der Waals surface area contributed by atoms with Crippen LogP contribution in [0.2, 0.25) is 5.02 Å². The maximum atomic E-state index is 11.4. The highest BCUT2D eigenvalue weighted by Gasteiger charge is 2.33. The Morgan fingerprint density at radius 2 is 2.27 bits per heavy atom. The van der Waals surface area contributed by atoms with Gasteiger partial charge in [-0.2, -0.15) is 0 Å². The number of benzene rings is 1. The van der Waals surface area contributed by atoms with Crippen LogP contribution in [0.25, 0.3) is 10.1 Å². The fourth-order valence-corrected chi connectivity index (χ4v) is 4.89. The van der Waals surface area contributed by atoms with E-state index < -0.39 is 5.97 Å². The van der Waals surface area contributed by atoms with E-state index in [1.165, 1.54) is 15.8 Å². The fraction of sp³-hybridized carbons (Fsp3) is 0.471. The Bertz CT molecular complexity index is 712. The fourth-order valence-electron chi connectivity index (χ4n) is 3.36. The van der Waals surface area contributed by atoms with Gasteiger partial charge in [-0.05, 0) is 50.2 Å². The largest absolute Gasteiger partial charge is 0.481 e. The van der Waals surface area contributed by atoms with Gasteiger partial charge >= 0.3 is 5.97 Å². The number of rotatable bonds is 3. The van der Waals surface area contributed by atoms with Gasteiger partial charge in [0.2, 0.25) is 0 Å². The first kappa shape index (κ1) is 15.8. The zero-order valence-corrected chi connectivity index (χ0v) is 14.4. The lowest BCUT2D eigenvalue weighted by Gasteiger charge is -2.37. The molecule has 5 heteroatoms. The van der Waals surface area contributed by atoms with Gasteiger partial charge in [0, 0.05) is 17.5 Å². The van der Waals surface area contributed by atoms with Crippen LogP contribution in [0.5, 0.6) is 0 Å². The van der Waals surface area contributed by atoms with Crippen molar-refractivity contribution in [2.24, 2.45) is 5.92 Å². The second kappa shape index (κ2) is 6.19. The highest BCUT2D eigenvalue weighted by Crippen LogP contribution is 2.37. The number of nitrogens with zero attached hydrogens (tertiary/aromatic N) is 1. The van der Waals surface area contributed by atoms with Crippen molar-refractivity contribution in [2.45, 2.75) is 39.3 Å². The summed E-state index contributed by atoms with van der Waals surface area (Å²) in [5.74, 6) is -0.930. The van der Waals surface area contributed by atoms with Gasteiger partial charge in [0.05, 0.1) is 15.6 Å². The molecule has 1 aliphatic rings. The van der Waals surface area contributed by atoms with Gasteiger partial charge in [-0.15, -0.1) is 11.3 Å². The summed E-state index contributed by atoms with van der Waals surface area (Å²) in [6.45, 7) is 5.94. The van der Waals surface area contributed by atoms with Gasteiger partial charge < -0.3 is 5.11 Å². The van der Waals surface area contributed by atoms with Gasteiger partial charge in [0.25, 0.3) is 0 Å². The summed E-state index contributed by atoms with van der Waals surface area (Å²) < 4.78 is 1.14. The highest BCUT2D eigenvalue weighted by molar-refractivity contribution is 7.20. The predicted octanol–water partition coefficient (Wildman–Crippen LogP) is 4.55. The molecule has 2 heterocycles. The van der Waals surface area contributed by atoms with Crippen molar-refractivity contribution in [1.29, 1.82) is 0 Å². The number of fused-ring (bicyclic) bond motifs is 1. The molecule has 22 heavy (non-hydrogen) atoms. The smallest absolute Gasteiger partial charge is 0.308 e. The van der Waals surface area contributed by atoms with E-state index in [9.17, 15) is 9.90 Å². The molecule has 0 amide bonds. The summed E-state index contributed by atoms with van der Waals surface area (Å²) in [7, 11) is 0. The van der Waals surface area contributed by atoms with Crippen LogP contribution in [-0.4, -0.2) is 28.6 Å². The number of halogens is 1. The first-order chi connectivity index (χ1) is 10.5. The third-order valence-electron chi connectivity index (χ3n) is 4.80. The molecule has 1 aliphatic heterocycles. The minimum Gasteiger partial charge on any atom is -0.481 e. The van der Waals surface area contributed by atoms with Crippen LogP contribution >= 0.6 is 22.9 Å². The first-order valence-corrected chi connectivity index (χ1v) is 8.82. The van der Waals surface area contributed by atoms with Crippen LogP contribution in [0, 0.1) is 12.8 Å². The molecule has 1 aromatic carbocycles. The Morgan fingerprint density at radius 3 is 2.95 bits per heavy atom. The molecule has 118 valence electrons. The molecule has 3 nitrogen and oxygen atoms in total. The summed E-state index contributed by atoms with van der Waals surface area (Å²) in [6, 6.07) is 6.09. The van der Waals surface area contributed by atoms with E-state index in [1.54, 1.807) is 11.3 Å². The maximum absolute atomic E-state index is 11.4. The molecule has 0 spiro atoms. The molecule has 0 aliphatic carbocycles. The van der Waals surface area contributed by atoms with Gasteiger partial charge in [-0.3, -0.25) is 9.69 Å². The highest BCUT2D eigenvalue weighted by atomic mass is 35.5. The number of likely N-dealkylation sites (tertiary alicyclic amines) is 1. The number of carboxylic acid groups (broad SMARTS) is 1. The summed E-state index contributed by atoms with van der Waals surface area (Å²) in [5.41, 5.74) is 1.27. The lowest BCUT2D eigenvalue weighted by atomic mass is 9.90. The third kappa shape index (κ3) is 2.75. The lowest BCUT2D eigenvalue weighted by molar-refractivity contribution is -0.145. The number of thiophene rings is 1. The molecule has 1 fully saturated rings. The summed E-state index contributed by atoms with van der Waals surface area (Å²) in [4.78, 5) is 15.0. The van der Waals surface area contributed by atoms with Crippen molar-refractivity contribution in [3.63, 3.8) is 0 Å². The Balaban J connectivity index is 1.88. The SMILES string of the molecule is Cc1c(CN2CCC[C@@H](C(=O)O)[C@H]2C)sc2c(Cl)cccc12. The third-order valence-corrected chi connectivity index (χ3v) is 6.55. The molecule has 1 saturated heterocycles. The molecule has 0 bridgehead atoms. The molecular weight excluding hydrogens is 318 g/mol. The number of carboxylic acids is 1. The molecular formula is C17H20ClNO2S. The molecule has 1 aromatic heterocycles. The van der Waals surface area contributed by atoms with Gasteiger partial charge in [0.15, 0.2) is 0 Å². The summed E-state index contributed by atoms with van der Waals surface area (Å²) >= 11 is 8.03. The van der Waals surface area contributed by atoms with Crippen LogP contribution in [0.3, 0.4) is 0 Å². The monoisotopic (exact) mass is 337 g/mol. The van der Waals surface area contributed by atoms with E-state index in [1.807, 2.05) is 19.1 Å². The van der Waals surface area contributed by atoms with Crippen LogP contribution in [0.4, 0.5) is 0 Å². The average Bonchev–Trinajstić information content (AvgIpc) is 2.79. The van der Waals surface area contributed by atoms with Gasteiger partial charge in [-0.1, -0.05) is 23.7 Å². The number of carbonyl (C=O) groups is 1. The Hall–Kier alpha value is -1.10. The maximum Gasteiger partial charge on any atom is 0.308 e. The molecule has 2 aromatic rings. The Kier molecular flexibility index (Phi) is 4.44. The molecule has 0 radical (unpaired) electrons. The van der Waals surface area contributed by atoms with E-state index in [0.717, 1.165) is 35.7 Å².